The molecule has 0 radical (unpaired) electrons. The summed E-state index contributed by atoms with van der Waals surface area (Å²) in [6, 6.07) is 6.62. The van der Waals surface area contributed by atoms with Gasteiger partial charge in [0.05, 0.1) is 17.5 Å². The van der Waals surface area contributed by atoms with Crippen molar-refractivity contribution in [2.45, 2.75) is 30.3 Å². The van der Waals surface area contributed by atoms with Crippen LogP contribution in [0.1, 0.15) is 24.8 Å². The number of hydrogen-bond donors (Lipinski definition) is 2. The van der Waals surface area contributed by atoms with Gasteiger partial charge in [-0.1, -0.05) is 12.1 Å². The molecule has 1 fully saturated rings. The van der Waals surface area contributed by atoms with Gasteiger partial charge in [0.1, 0.15) is 5.84 Å². The Balaban J connectivity index is 1.64. The number of carbonyl (C=O) groups is 1. The molecule has 0 bridgehead atoms. The van der Waals surface area contributed by atoms with Gasteiger partial charge in [0, 0.05) is 25.1 Å². The summed E-state index contributed by atoms with van der Waals surface area (Å²) in [4.78, 5) is 18.2. The molecule has 1 amide bonds. The number of aliphatic imine (C=N–C) groups is 1. The lowest BCUT2D eigenvalue weighted by molar-refractivity contribution is -0.133. The van der Waals surface area contributed by atoms with Crippen molar-refractivity contribution in [3.05, 3.63) is 29.8 Å². The Morgan fingerprint density at radius 2 is 2.17 bits per heavy atom. The normalized spacial score (nSPS) is 24.3. The summed E-state index contributed by atoms with van der Waals surface area (Å²) in [7, 11) is -3.54. The van der Waals surface area contributed by atoms with Crippen molar-refractivity contribution in [3.63, 3.8) is 0 Å². The summed E-state index contributed by atoms with van der Waals surface area (Å²) in [6.45, 7) is 1.23. The fourth-order valence-corrected chi connectivity index (χ4v) is 4.10. The number of amidine groups is 1. The Morgan fingerprint density at radius 3 is 2.96 bits per heavy atom. The van der Waals surface area contributed by atoms with Gasteiger partial charge < -0.3 is 10.0 Å². The van der Waals surface area contributed by atoms with Crippen molar-refractivity contribution in [2.75, 3.05) is 19.6 Å². The second-order valence-corrected chi connectivity index (χ2v) is 7.37. The van der Waals surface area contributed by atoms with Gasteiger partial charge in [0.15, 0.2) is 0 Å². The first-order chi connectivity index (χ1) is 11.0. The third kappa shape index (κ3) is 3.37. The number of aliphatic hydroxyl groups excluding tert-OH is 1. The van der Waals surface area contributed by atoms with Crippen LogP contribution in [0.2, 0.25) is 0 Å². The van der Waals surface area contributed by atoms with Crippen LogP contribution < -0.4 is 4.72 Å². The van der Waals surface area contributed by atoms with Crippen LogP contribution in [0.4, 0.5) is 0 Å². The van der Waals surface area contributed by atoms with Crippen molar-refractivity contribution in [3.8, 4) is 0 Å². The quantitative estimate of drug-likeness (QED) is 0.817. The molecule has 0 unspecified atom stereocenters. The minimum atomic E-state index is -3.54. The van der Waals surface area contributed by atoms with Crippen molar-refractivity contribution in [2.24, 2.45) is 4.99 Å². The number of rotatable bonds is 3. The highest BCUT2D eigenvalue weighted by Crippen LogP contribution is 2.22. The van der Waals surface area contributed by atoms with Gasteiger partial charge in [0.2, 0.25) is 5.91 Å². The van der Waals surface area contributed by atoms with E-state index in [2.05, 4.69) is 9.71 Å². The maximum Gasteiger partial charge on any atom is 0.263 e. The van der Waals surface area contributed by atoms with E-state index in [1.54, 1.807) is 23.1 Å². The number of likely N-dealkylation sites (tertiary alicyclic amines) is 1. The first-order valence-corrected chi connectivity index (χ1v) is 9.08. The van der Waals surface area contributed by atoms with Gasteiger partial charge in [0.25, 0.3) is 10.0 Å². The summed E-state index contributed by atoms with van der Waals surface area (Å²) >= 11 is 0. The molecule has 1 aromatic carbocycles. The standard InChI is InChI=1S/C15H19N3O4S/c19-11-4-3-9-18(10-11)14(20)7-8-16-15-12-5-1-2-6-13(12)23(21,22)17-15/h1-2,5-6,11,19H,3-4,7-10H2,(H,16,17)/t11-/m1/s1. The van der Waals surface area contributed by atoms with Crippen molar-refractivity contribution < 1.29 is 18.3 Å². The molecule has 23 heavy (non-hydrogen) atoms. The number of piperidine rings is 1. The number of benzene rings is 1. The number of nitrogens with one attached hydrogen (secondary N) is 1. The molecule has 0 saturated carbocycles. The summed E-state index contributed by atoms with van der Waals surface area (Å²) < 4.78 is 26.3. The monoisotopic (exact) mass is 337 g/mol. The first-order valence-electron chi connectivity index (χ1n) is 7.60. The van der Waals surface area contributed by atoms with E-state index in [-0.39, 0.29) is 29.6 Å². The molecule has 7 nitrogen and oxygen atoms in total. The van der Waals surface area contributed by atoms with E-state index in [0.29, 0.717) is 18.7 Å². The number of fused-ring (bicyclic) bond motifs is 1. The third-order valence-electron chi connectivity index (χ3n) is 4.01. The molecule has 1 aromatic rings. The third-order valence-corrected chi connectivity index (χ3v) is 5.40. The molecular formula is C15H19N3O4S. The van der Waals surface area contributed by atoms with Gasteiger partial charge in [-0.05, 0) is 25.0 Å². The zero-order chi connectivity index (χ0) is 16.4. The van der Waals surface area contributed by atoms with Crippen molar-refractivity contribution in [1.82, 2.24) is 9.62 Å². The summed E-state index contributed by atoms with van der Waals surface area (Å²) in [5.41, 5.74) is 0.536. The topological polar surface area (TPSA) is 99.1 Å². The average molecular weight is 337 g/mol. The average Bonchev–Trinajstić information content (AvgIpc) is 2.79. The summed E-state index contributed by atoms with van der Waals surface area (Å²) in [5.74, 6) is 0.217. The Hall–Kier alpha value is -1.93. The highest BCUT2D eigenvalue weighted by Gasteiger charge is 2.30. The summed E-state index contributed by atoms with van der Waals surface area (Å²) in [6.07, 6.45) is 1.27. The summed E-state index contributed by atoms with van der Waals surface area (Å²) in [5, 5.41) is 9.60. The van der Waals surface area contributed by atoms with E-state index in [1.807, 2.05) is 0 Å². The van der Waals surface area contributed by atoms with Crippen molar-refractivity contribution >= 4 is 21.8 Å². The van der Waals surface area contributed by atoms with E-state index in [9.17, 15) is 18.3 Å². The number of nitrogens with zero attached hydrogens (tertiary/aromatic N) is 2. The van der Waals surface area contributed by atoms with E-state index >= 15 is 0 Å². The molecule has 1 saturated heterocycles. The predicted octanol–water partition coefficient (Wildman–Crippen LogP) is 0.0985. The highest BCUT2D eigenvalue weighted by molar-refractivity contribution is 7.90. The van der Waals surface area contributed by atoms with Crippen LogP contribution in [-0.4, -0.2) is 55.9 Å². The van der Waals surface area contributed by atoms with Gasteiger partial charge >= 0.3 is 0 Å². The molecule has 2 N–H and O–H groups in total. The lowest BCUT2D eigenvalue weighted by Gasteiger charge is -2.30. The van der Waals surface area contributed by atoms with Crippen LogP contribution in [-0.2, 0) is 14.8 Å². The van der Waals surface area contributed by atoms with Crippen LogP contribution in [0.3, 0.4) is 0 Å². The minimum Gasteiger partial charge on any atom is -0.391 e. The largest absolute Gasteiger partial charge is 0.391 e. The highest BCUT2D eigenvalue weighted by atomic mass is 32.2. The van der Waals surface area contributed by atoms with Gasteiger partial charge in [-0.25, -0.2) is 8.42 Å². The minimum absolute atomic E-state index is 0.0674. The fourth-order valence-electron chi connectivity index (χ4n) is 2.85. The lowest BCUT2D eigenvalue weighted by atomic mass is 10.1. The first kappa shape index (κ1) is 15.9. The zero-order valence-electron chi connectivity index (χ0n) is 12.6. The van der Waals surface area contributed by atoms with E-state index < -0.39 is 16.1 Å². The molecule has 2 aliphatic heterocycles. The van der Waals surface area contributed by atoms with Crippen LogP contribution in [0, 0.1) is 0 Å². The van der Waals surface area contributed by atoms with Gasteiger partial charge in [-0.2, -0.15) is 0 Å². The zero-order valence-corrected chi connectivity index (χ0v) is 13.4. The Kier molecular flexibility index (Phi) is 4.36. The number of hydrogen-bond acceptors (Lipinski definition) is 5. The molecule has 8 heteroatoms. The molecule has 0 aromatic heterocycles. The number of sulfonamides is 1. The molecule has 124 valence electrons. The predicted molar refractivity (Wildman–Crippen MR) is 84.6 cm³/mol. The second kappa shape index (κ2) is 6.29. The molecule has 1 atom stereocenters. The van der Waals surface area contributed by atoms with Crippen LogP contribution in [0.15, 0.2) is 34.2 Å². The fraction of sp³-hybridized carbons (Fsp3) is 0.467. The second-order valence-electron chi connectivity index (χ2n) is 5.72. The number of carbonyl (C=O) groups excluding carboxylic acids is 1. The number of aliphatic hydroxyl groups is 1. The smallest absolute Gasteiger partial charge is 0.263 e. The van der Waals surface area contributed by atoms with Crippen molar-refractivity contribution in [1.29, 1.82) is 0 Å². The molecule has 3 rings (SSSR count). The van der Waals surface area contributed by atoms with E-state index in [4.69, 9.17) is 0 Å². The Bertz CT molecular complexity index is 745. The maximum atomic E-state index is 12.1. The molecule has 2 aliphatic rings. The molecule has 0 aliphatic carbocycles. The van der Waals surface area contributed by atoms with Gasteiger partial charge in [-0.3, -0.25) is 14.5 Å². The van der Waals surface area contributed by atoms with Gasteiger partial charge in [-0.15, -0.1) is 0 Å². The van der Waals surface area contributed by atoms with Crippen LogP contribution in [0.5, 0.6) is 0 Å². The van der Waals surface area contributed by atoms with E-state index in [0.717, 1.165) is 12.8 Å². The SMILES string of the molecule is O=C(CCN=C1NS(=O)(=O)c2ccccc21)N1CCC[C@@H](O)C1. The molecule has 0 spiro atoms. The molecular weight excluding hydrogens is 318 g/mol. The Labute approximate surface area is 135 Å². The number of β-amino-alcohol motifs (C(OH)–C–C–N with tert-alkyl or cyclic N) is 1. The van der Waals surface area contributed by atoms with Crippen LogP contribution >= 0.6 is 0 Å². The van der Waals surface area contributed by atoms with E-state index in [1.165, 1.54) is 6.07 Å². The van der Waals surface area contributed by atoms with Crippen LogP contribution in [0.25, 0.3) is 0 Å². The lowest BCUT2D eigenvalue weighted by Crippen LogP contribution is -2.42. The maximum absolute atomic E-state index is 12.1. The Morgan fingerprint density at radius 1 is 1.39 bits per heavy atom. The molecule has 2 heterocycles. The number of amides is 1.